The third-order valence-corrected chi connectivity index (χ3v) is 3.51. The zero-order valence-electron chi connectivity index (χ0n) is 10.5. The molecule has 1 saturated heterocycles. The van der Waals surface area contributed by atoms with Gasteiger partial charge in [-0.25, -0.2) is 0 Å². The molecule has 4 heteroatoms. The predicted molar refractivity (Wildman–Crippen MR) is 64.6 cm³/mol. The van der Waals surface area contributed by atoms with Gasteiger partial charge in [-0.2, -0.15) is 0 Å². The van der Waals surface area contributed by atoms with Crippen LogP contribution in [0.15, 0.2) is 0 Å². The molecule has 1 unspecified atom stereocenters. The number of likely N-dealkylation sites (tertiary alicyclic amines) is 1. The minimum Gasteiger partial charge on any atom is -0.481 e. The Bertz CT molecular complexity index is 217. The number of hydrogen-bond donors (Lipinski definition) is 1. The number of nitrogens with zero attached hydrogens (tertiary/aromatic N) is 2. The van der Waals surface area contributed by atoms with Gasteiger partial charge in [0.1, 0.15) is 0 Å². The molecule has 0 aliphatic carbocycles. The highest BCUT2D eigenvalue weighted by molar-refractivity contribution is 5.67. The standard InChI is InChI=1S/C12H24N2O2/c1-3-13(4-2)8-9-14-7-5-6-11(14)10-12(15)16/h11H,3-10H2,1-2H3,(H,15,16). The van der Waals surface area contributed by atoms with Crippen molar-refractivity contribution in [1.82, 2.24) is 9.80 Å². The van der Waals surface area contributed by atoms with Crippen LogP contribution in [0.4, 0.5) is 0 Å². The first-order chi connectivity index (χ1) is 7.67. The number of carboxylic acid groups (broad SMARTS) is 1. The van der Waals surface area contributed by atoms with Gasteiger partial charge in [-0.05, 0) is 32.5 Å². The molecule has 0 radical (unpaired) electrons. The van der Waals surface area contributed by atoms with Gasteiger partial charge in [0.05, 0.1) is 6.42 Å². The van der Waals surface area contributed by atoms with Crippen molar-refractivity contribution < 1.29 is 9.90 Å². The summed E-state index contributed by atoms with van der Waals surface area (Å²) in [5.41, 5.74) is 0. The molecule has 94 valence electrons. The van der Waals surface area contributed by atoms with Crippen molar-refractivity contribution in [1.29, 1.82) is 0 Å². The zero-order valence-corrected chi connectivity index (χ0v) is 10.5. The van der Waals surface area contributed by atoms with Crippen LogP contribution in [0.2, 0.25) is 0 Å². The molecule has 1 aliphatic rings. The van der Waals surface area contributed by atoms with Crippen LogP contribution < -0.4 is 0 Å². The van der Waals surface area contributed by atoms with E-state index in [4.69, 9.17) is 5.11 Å². The third kappa shape index (κ3) is 4.10. The lowest BCUT2D eigenvalue weighted by atomic mass is 10.1. The van der Waals surface area contributed by atoms with Crippen LogP contribution in [-0.4, -0.2) is 59.6 Å². The average molecular weight is 228 g/mol. The van der Waals surface area contributed by atoms with Crippen LogP contribution in [-0.2, 0) is 4.79 Å². The Morgan fingerprint density at radius 1 is 1.44 bits per heavy atom. The van der Waals surface area contributed by atoms with Gasteiger partial charge in [0.2, 0.25) is 0 Å². The van der Waals surface area contributed by atoms with Crippen LogP contribution >= 0.6 is 0 Å². The van der Waals surface area contributed by atoms with Crippen molar-refractivity contribution in [3.8, 4) is 0 Å². The topological polar surface area (TPSA) is 43.8 Å². The summed E-state index contributed by atoms with van der Waals surface area (Å²) in [6.07, 6.45) is 2.50. The zero-order chi connectivity index (χ0) is 12.0. The number of aliphatic carboxylic acids is 1. The number of carboxylic acids is 1. The van der Waals surface area contributed by atoms with Crippen molar-refractivity contribution in [3.63, 3.8) is 0 Å². The van der Waals surface area contributed by atoms with E-state index < -0.39 is 5.97 Å². The molecule has 0 amide bonds. The van der Waals surface area contributed by atoms with E-state index in [0.717, 1.165) is 45.6 Å². The second-order valence-corrected chi connectivity index (χ2v) is 4.46. The largest absolute Gasteiger partial charge is 0.481 e. The molecule has 0 aromatic rings. The molecule has 0 bridgehead atoms. The first kappa shape index (κ1) is 13.5. The van der Waals surface area contributed by atoms with E-state index in [-0.39, 0.29) is 6.04 Å². The molecule has 0 spiro atoms. The van der Waals surface area contributed by atoms with Crippen LogP contribution in [0.25, 0.3) is 0 Å². The van der Waals surface area contributed by atoms with Gasteiger partial charge in [-0.1, -0.05) is 13.8 Å². The van der Waals surface area contributed by atoms with E-state index in [2.05, 4.69) is 23.6 Å². The molecule has 0 aromatic heterocycles. The van der Waals surface area contributed by atoms with Gasteiger partial charge in [0.15, 0.2) is 0 Å². The van der Waals surface area contributed by atoms with E-state index in [0.29, 0.717) is 6.42 Å². The lowest BCUT2D eigenvalue weighted by molar-refractivity contribution is -0.138. The Balaban J connectivity index is 2.31. The molecule has 4 nitrogen and oxygen atoms in total. The Kier molecular flexibility index (Phi) is 5.77. The Hall–Kier alpha value is -0.610. The van der Waals surface area contributed by atoms with E-state index in [1.54, 1.807) is 0 Å². The number of rotatable bonds is 7. The van der Waals surface area contributed by atoms with Gasteiger partial charge in [0, 0.05) is 19.1 Å². The smallest absolute Gasteiger partial charge is 0.304 e. The summed E-state index contributed by atoms with van der Waals surface area (Å²) >= 11 is 0. The van der Waals surface area contributed by atoms with E-state index in [9.17, 15) is 4.79 Å². The maximum atomic E-state index is 10.7. The first-order valence-electron chi connectivity index (χ1n) is 6.35. The summed E-state index contributed by atoms with van der Waals surface area (Å²) in [6.45, 7) is 9.63. The summed E-state index contributed by atoms with van der Waals surface area (Å²) < 4.78 is 0. The van der Waals surface area contributed by atoms with Crippen molar-refractivity contribution in [2.24, 2.45) is 0 Å². The quantitative estimate of drug-likeness (QED) is 0.712. The van der Waals surface area contributed by atoms with Crippen molar-refractivity contribution >= 4 is 5.97 Å². The minimum atomic E-state index is -0.667. The lowest BCUT2D eigenvalue weighted by Crippen LogP contribution is -2.38. The van der Waals surface area contributed by atoms with Gasteiger partial charge in [-0.3, -0.25) is 9.69 Å². The summed E-state index contributed by atoms with van der Waals surface area (Å²) in [5.74, 6) is -0.667. The molecule has 1 rings (SSSR count). The highest BCUT2D eigenvalue weighted by Gasteiger charge is 2.26. The second kappa shape index (κ2) is 6.86. The van der Waals surface area contributed by atoms with E-state index >= 15 is 0 Å². The molecular formula is C12H24N2O2. The molecule has 1 atom stereocenters. The van der Waals surface area contributed by atoms with Gasteiger partial charge < -0.3 is 10.0 Å². The van der Waals surface area contributed by atoms with Crippen LogP contribution in [0, 0.1) is 0 Å². The van der Waals surface area contributed by atoms with Crippen molar-refractivity contribution in [2.45, 2.75) is 39.2 Å². The summed E-state index contributed by atoms with van der Waals surface area (Å²) in [6, 6.07) is 0.271. The van der Waals surface area contributed by atoms with Crippen LogP contribution in [0.3, 0.4) is 0 Å². The Morgan fingerprint density at radius 3 is 2.69 bits per heavy atom. The Morgan fingerprint density at radius 2 is 2.12 bits per heavy atom. The number of carbonyl (C=O) groups is 1. The monoisotopic (exact) mass is 228 g/mol. The first-order valence-corrected chi connectivity index (χ1v) is 6.35. The van der Waals surface area contributed by atoms with Crippen LogP contribution in [0.5, 0.6) is 0 Å². The fourth-order valence-corrected chi connectivity index (χ4v) is 2.43. The number of hydrogen-bond acceptors (Lipinski definition) is 3. The average Bonchev–Trinajstić information content (AvgIpc) is 2.66. The van der Waals surface area contributed by atoms with Crippen LogP contribution in [0.1, 0.15) is 33.1 Å². The highest BCUT2D eigenvalue weighted by atomic mass is 16.4. The van der Waals surface area contributed by atoms with Crippen molar-refractivity contribution in [3.05, 3.63) is 0 Å². The molecule has 1 fully saturated rings. The molecule has 1 N–H and O–H groups in total. The molecule has 0 aromatic carbocycles. The summed E-state index contributed by atoms with van der Waals surface area (Å²) in [5, 5.41) is 8.82. The van der Waals surface area contributed by atoms with Gasteiger partial charge >= 0.3 is 5.97 Å². The maximum absolute atomic E-state index is 10.7. The summed E-state index contributed by atoms with van der Waals surface area (Å²) in [4.78, 5) is 15.4. The highest BCUT2D eigenvalue weighted by Crippen LogP contribution is 2.19. The Labute approximate surface area is 98.2 Å². The molecule has 1 heterocycles. The minimum absolute atomic E-state index is 0.271. The predicted octanol–water partition coefficient (Wildman–Crippen LogP) is 1.27. The molecule has 1 aliphatic heterocycles. The van der Waals surface area contributed by atoms with Gasteiger partial charge in [0.25, 0.3) is 0 Å². The summed E-state index contributed by atoms with van der Waals surface area (Å²) in [7, 11) is 0. The van der Waals surface area contributed by atoms with Crippen molar-refractivity contribution in [2.75, 3.05) is 32.7 Å². The molecule has 0 saturated carbocycles. The van der Waals surface area contributed by atoms with Gasteiger partial charge in [-0.15, -0.1) is 0 Å². The third-order valence-electron chi connectivity index (χ3n) is 3.51. The van der Waals surface area contributed by atoms with E-state index in [1.165, 1.54) is 0 Å². The SMILES string of the molecule is CCN(CC)CCN1CCCC1CC(=O)O. The maximum Gasteiger partial charge on any atom is 0.304 e. The second-order valence-electron chi connectivity index (χ2n) is 4.46. The normalized spacial score (nSPS) is 21.8. The molecular weight excluding hydrogens is 204 g/mol. The number of likely N-dealkylation sites (N-methyl/N-ethyl adjacent to an activating group) is 1. The lowest BCUT2D eigenvalue weighted by Gasteiger charge is -2.26. The van der Waals surface area contributed by atoms with E-state index in [1.807, 2.05) is 0 Å². The fraction of sp³-hybridized carbons (Fsp3) is 0.917. The molecule has 16 heavy (non-hydrogen) atoms. The fourth-order valence-electron chi connectivity index (χ4n) is 2.43.